The molecule has 0 spiro atoms. The van der Waals surface area contributed by atoms with E-state index < -0.39 is 0 Å². The number of nitrogens with zero attached hydrogens (tertiary/aromatic N) is 4. The van der Waals surface area contributed by atoms with Crippen molar-refractivity contribution in [2.24, 2.45) is 0 Å². The molecule has 1 atom stereocenters. The number of para-hydroxylation sites is 1. The van der Waals surface area contributed by atoms with Crippen LogP contribution in [0.25, 0.3) is 16.7 Å². The molecule has 0 bridgehead atoms. The fourth-order valence-corrected chi connectivity index (χ4v) is 4.77. The third kappa shape index (κ3) is 3.50. The van der Waals surface area contributed by atoms with Crippen molar-refractivity contribution in [3.8, 4) is 5.69 Å². The SMILES string of the molecule is Cc1ccc(NC(=O)C[C@@H]2CSc3nc4c(cnn4-c4ccccc4)c(=O)n32)cc1F. The average molecular weight is 435 g/mol. The predicted octanol–water partition coefficient (Wildman–Crippen LogP) is 3.71. The summed E-state index contributed by atoms with van der Waals surface area (Å²) in [7, 11) is 0. The molecule has 1 N–H and O–H groups in total. The summed E-state index contributed by atoms with van der Waals surface area (Å²) in [6, 6.07) is 13.7. The van der Waals surface area contributed by atoms with Gasteiger partial charge in [-0.3, -0.25) is 14.2 Å². The summed E-state index contributed by atoms with van der Waals surface area (Å²) in [5.41, 5.74) is 2.00. The van der Waals surface area contributed by atoms with Crippen molar-refractivity contribution in [3.05, 3.63) is 76.5 Å². The molecule has 0 saturated heterocycles. The van der Waals surface area contributed by atoms with Gasteiger partial charge in [0.2, 0.25) is 5.91 Å². The van der Waals surface area contributed by atoms with Gasteiger partial charge in [-0.2, -0.15) is 5.10 Å². The van der Waals surface area contributed by atoms with Crippen molar-refractivity contribution < 1.29 is 9.18 Å². The zero-order valence-corrected chi connectivity index (χ0v) is 17.4. The molecule has 5 rings (SSSR count). The van der Waals surface area contributed by atoms with Crippen LogP contribution in [0.2, 0.25) is 0 Å². The Morgan fingerprint density at radius 2 is 2.06 bits per heavy atom. The molecule has 0 radical (unpaired) electrons. The number of carbonyl (C=O) groups excluding carboxylic acids is 1. The van der Waals surface area contributed by atoms with E-state index in [0.717, 1.165) is 5.69 Å². The van der Waals surface area contributed by atoms with E-state index in [1.54, 1.807) is 28.3 Å². The molecule has 31 heavy (non-hydrogen) atoms. The fraction of sp³-hybridized carbons (Fsp3) is 0.182. The molecular formula is C22H18FN5O2S. The quantitative estimate of drug-likeness (QED) is 0.494. The molecule has 1 amide bonds. The summed E-state index contributed by atoms with van der Waals surface area (Å²) in [6.45, 7) is 1.66. The smallest absolute Gasteiger partial charge is 0.265 e. The minimum Gasteiger partial charge on any atom is -0.326 e. The lowest BCUT2D eigenvalue weighted by Gasteiger charge is -2.13. The first kappa shape index (κ1) is 19.5. The summed E-state index contributed by atoms with van der Waals surface area (Å²) >= 11 is 1.44. The third-order valence-corrected chi connectivity index (χ3v) is 6.35. The molecule has 9 heteroatoms. The van der Waals surface area contributed by atoms with E-state index in [0.29, 0.717) is 33.2 Å². The number of hydrogen-bond acceptors (Lipinski definition) is 5. The Labute approximate surface area is 180 Å². The van der Waals surface area contributed by atoms with Gasteiger partial charge in [-0.1, -0.05) is 36.0 Å². The number of aryl methyl sites for hydroxylation is 1. The van der Waals surface area contributed by atoms with Crippen LogP contribution in [0, 0.1) is 12.7 Å². The zero-order chi connectivity index (χ0) is 21.5. The molecule has 156 valence electrons. The largest absolute Gasteiger partial charge is 0.326 e. The van der Waals surface area contributed by atoms with E-state index in [2.05, 4.69) is 15.4 Å². The molecule has 0 unspecified atom stereocenters. The summed E-state index contributed by atoms with van der Waals surface area (Å²) in [6.07, 6.45) is 1.61. The second-order valence-electron chi connectivity index (χ2n) is 7.38. The number of amides is 1. The van der Waals surface area contributed by atoms with Crippen LogP contribution in [0.3, 0.4) is 0 Å². The van der Waals surface area contributed by atoms with Crippen LogP contribution in [-0.2, 0) is 4.79 Å². The van der Waals surface area contributed by atoms with Gasteiger partial charge in [0, 0.05) is 17.9 Å². The number of aromatic nitrogens is 4. The van der Waals surface area contributed by atoms with Crippen LogP contribution in [0.5, 0.6) is 0 Å². The highest BCUT2D eigenvalue weighted by Gasteiger charge is 2.29. The van der Waals surface area contributed by atoms with E-state index >= 15 is 0 Å². The minimum atomic E-state index is -0.377. The summed E-state index contributed by atoms with van der Waals surface area (Å²) < 4.78 is 17.0. The van der Waals surface area contributed by atoms with Crippen LogP contribution in [0.15, 0.2) is 64.7 Å². The maximum atomic E-state index is 13.7. The molecule has 4 aromatic rings. The van der Waals surface area contributed by atoms with Gasteiger partial charge in [-0.25, -0.2) is 14.1 Å². The average Bonchev–Trinajstić information content (AvgIpc) is 3.36. The molecule has 0 fully saturated rings. The minimum absolute atomic E-state index is 0.0927. The molecule has 2 aromatic heterocycles. The Balaban J connectivity index is 1.43. The zero-order valence-electron chi connectivity index (χ0n) is 16.6. The highest BCUT2D eigenvalue weighted by Crippen LogP contribution is 2.33. The van der Waals surface area contributed by atoms with Gasteiger partial charge in [-0.15, -0.1) is 0 Å². The van der Waals surface area contributed by atoms with Gasteiger partial charge in [0.05, 0.1) is 17.9 Å². The van der Waals surface area contributed by atoms with Gasteiger partial charge >= 0.3 is 0 Å². The summed E-state index contributed by atoms with van der Waals surface area (Å²) in [4.78, 5) is 30.4. The molecule has 1 aliphatic rings. The lowest BCUT2D eigenvalue weighted by atomic mass is 10.2. The van der Waals surface area contributed by atoms with Gasteiger partial charge in [0.25, 0.3) is 5.56 Å². The lowest BCUT2D eigenvalue weighted by Crippen LogP contribution is -2.27. The van der Waals surface area contributed by atoms with E-state index in [9.17, 15) is 14.0 Å². The highest BCUT2D eigenvalue weighted by atomic mass is 32.2. The first-order valence-electron chi connectivity index (χ1n) is 9.76. The maximum Gasteiger partial charge on any atom is 0.265 e. The molecular weight excluding hydrogens is 417 g/mol. The van der Waals surface area contributed by atoms with Gasteiger partial charge in [0.15, 0.2) is 10.8 Å². The number of thioether (sulfide) groups is 1. The van der Waals surface area contributed by atoms with Gasteiger partial charge in [0.1, 0.15) is 11.2 Å². The molecule has 0 aliphatic carbocycles. The Morgan fingerprint density at radius 3 is 2.84 bits per heavy atom. The fourth-order valence-electron chi connectivity index (χ4n) is 3.64. The van der Waals surface area contributed by atoms with E-state index in [-0.39, 0.29) is 29.7 Å². The van der Waals surface area contributed by atoms with Crippen LogP contribution in [-0.4, -0.2) is 31.0 Å². The first-order chi connectivity index (χ1) is 15.0. The normalized spacial score (nSPS) is 15.2. The summed E-state index contributed by atoms with van der Waals surface area (Å²) in [5, 5.41) is 8.02. The summed E-state index contributed by atoms with van der Waals surface area (Å²) in [5.74, 6) is -0.102. The number of anilines is 1. The Kier molecular flexibility index (Phi) is 4.82. The number of benzene rings is 2. The second-order valence-corrected chi connectivity index (χ2v) is 8.37. The van der Waals surface area contributed by atoms with E-state index in [4.69, 9.17) is 0 Å². The predicted molar refractivity (Wildman–Crippen MR) is 117 cm³/mol. The van der Waals surface area contributed by atoms with Crippen LogP contribution in [0.4, 0.5) is 10.1 Å². The van der Waals surface area contributed by atoms with Crippen molar-refractivity contribution in [1.82, 2.24) is 19.3 Å². The Hall–Kier alpha value is -3.46. The lowest BCUT2D eigenvalue weighted by molar-refractivity contribution is -0.116. The number of halogens is 1. The standard InChI is InChI=1S/C22H18FN5O2S/c1-13-7-8-14(9-18(13)23)25-19(29)10-16-12-31-22-26-20-17(21(30)27(16)22)11-24-28(20)15-5-3-2-4-6-15/h2-9,11,16H,10,12H2,1H3,(H,25,29)/t16-/m1/s1. The number of fused-ring (bicyclic) bond motifs is 2. The molecule has 2 aromatic carbocycles. The van der Waals surface area contributed by atoms with Crippen molar-refractivity contribution in [2.45, 2.75) is 24.5 Å². The second kappa shape index (κ2) is 7.66. The first-order valence-corrected chi connectivity index (χ1v) is 10.7. The molecule has 0 saturated carbocycles. The molecule has 3 heterocycles. The maximum absolute atomic E-state index is 13.7. The Bertz CT molecular complexity index is 1370. The third-order valence-electron chi connectivity index (χ3n) is 5.25. The van der Waals surface area contributed by atoms with Crippen molar-refractivity contribution in [2.75, 3.05) is 11.1 Å². The van der Waals surface area contributed by atoms with Crippen LogP contribution < -0.4 is 10.9 Å². The van der Waals surface area contributed by atoms with Crippen molar-refractivity contribution in [3.63, 3.8) is 0 Å². The van der Waals surface area contributed by atoms with E-state index in [1.165, 1.54) is 24.0 Å². The van der Waals surface area contributed by atoms with Crippen molar-refractivity contribution in [1.29, 1.82) is 0 Å². The number of rotatable bonds is 4. The molecule has 7 nitrogen and oxygen atoms in total. The number of carbonyl (C=O) groups is 1. The van der Waals surface area contributed by atoms with Crippen molar-refractivity contribution >= 4 is 34.4 Å². The van der Waals surface area contributed by atoms with Gasteiger partial charge < -0.3 is 5.32 Å². The Morgan fingerprint density at radius 1 is 1.26 bits per heavy atom. The van der Waals surface area contributed by atoms with E-state index in [1.807, 2.05) is 30.3 Å². The number of hydrogen-bond donors (Lipinski definition) is 1. The number of nitrogens with one attached hydrogen (secondary N) is 1. The monoisotopic (exact) mass is 435 g/mol. The van der Waals surface area contributed by atoms with Gasteiger partial charge in [-0.05, 0) is 36.8 Å². The highest BCUT2D eigenvalue weighted by molar-refractivity contribution is 7.99. The van der Waals surface area contributed by atoms with Crippen LogP contribution in [0.1, 0.15) is 18.0 Å². The molecule has 1 aliphatic heterocycles. The topological polar surface area (TPSA) is 81.8 Å². The van der Waals surface area contributed by atoms with Crippen LogP contribution >= 0.6 is 11.8 Å².